The molecule has 1 saturated heterocycles. The lowest BCUT2D eigenvalue weighted by Gasteiger charge is -2.34. The summed E-state index contributed by atoms with van der Waals surface area (Å²) in [6.45, 7) is 2.88. The van der Waals surface area contributed by atoms with Crippen LogP contribution in [-0.4, -0.2) is 31.1 Å². The van der Waals surface area contributed by atoms with E-state index in [0.29, 0.717) is 13.1 Å². The van der Waals surface area contributed by atoms with Gasteiger partial charge in [-0.15, -0.1) is 24.8 Å². The summed E-state index contributed by atoms with van der Waals surface area (Å²) in [5.41, 5.74) is 0.0881. The van der Waals surface area contributed by atoms with Crippen molar-refractivity contribution in [3.63, 3.8) is 0 Å². The molecule has 0 bridgehead atoms. The van der Waals surface area contributed by atoms with E-state index in [-0.39, 0.29) is 41.8 Å². The fourth-order valence-electron chi connectivity index (χ4n) is 2.34. The van der Waals surface area contributed by atoms with Gasteiger partial charge in [0.2, 0.25) is 0 Å². The maximum absolute atomic E-state index is 14.0. The first-order valence-corrected chi connectivity index (χ1v) is 6.48. The largest absolute Gasteiger partial charge is 0.314 e. The van der Waals surface area contributed by atoms with Crippen LogP contribution in [0.1, 0.15) is 18.0 Å². The zero-order valence-electron chi connectivity index (χ0n) is 11.1. The van der Waals surface area contributed by atoms with Crippen LogP contribution in [0.15, 0.2) is 12.1 Å². The molecule has 118 valence electrons. The molecule has 1 aromatic carbocycles. The molecule has 0 radical (unpaired) electrons. The van der Waals surface area contributed by atoms with E-state index in [1.165, 1.54) is 0 Å². The van der Waals surface area contributed by atoms with Crippen LogP contribution >= 0.6 is 36.4 Å². The van der Waals surface area contributed by atoms with E-state index in [1.807, 2.05) is 11.0 Å². The maximum atomic E-state index is 14.0. The molecule has 1 aliphatic heterocycles. The Bertz CT molecular complexity index is 502. The lowest BCUT2D eigenvalue weighted by Crippen LogP contribution is -2.45. The van der Waals surface area contributed by atoms with Crippen LogP contribution in [0.2, 0.25) is 5.02 Å². The molecule has 0 spiro atoms. The summed E-state index contributed by atoms with van der Waals surface area (Å²) < 4.78 is 27.5. The molecule has 0 amide bonds. The van der Waals surface area contributed by atoms with Crippen molar-refractivity contribution in [1.82, 2.24) is 10.2 Å². The second kappa shape index (κ2) is 9.39. The minimum atomic E-state index is -0.656. The lowest BCUT2D eigenvalue weighted by atomic mass is 10.0. The van der Waals surface area contributed by atoms with Gasteiger partial charge in [0.15, 0.2) is 0 Å². The van der Waals surface area contributed by atoms with Crippen LogP contribution in [0.25, 0.3) is 0 Å². The second-order valence-electron chi connectivity index (χ2n) is 4.42. The minimum Gasteiger partial charge on any atom is -0.314 e. The van der Waals surface area contributed by atoms with Crippen molar-refractivity contribution in [3.05, 3.63) is 34.4 Å². The van der Waals surface area contributed by atoms with Gasteiger partial charge in [-0.1, -0.05) is 11.6 Å². The van der Waals surface area contributed by atoms with Crippen LogP contribution in [0.5, 0.6) is 0 Å². The van der Waals surface area contributed by atoms with Crippen molar-refractivity contribution >= 4 is 36.4 Å². The van der Waals surface area contributed by atoms with E-state index < -0.39 is 17.7 Å². The molecule has 2 rings (SSSR count). The SMILES string of the molecule is Cl.Cl.N#CC[C@@H](c1c(F)ccc(F)c1Cl)N1CCNCC1. The van der Waals surface area contributed by atoms with Gasteiger partial charge in [0.1, 0.15) is 11.6 Å². The van der Waals surface area contributed by atoms with Gasteiger partial charge >= 0.3 is 0 Å². The lowest BCUT2D eigenvalue weighted by molar-refractivity contribution is 0.172. The molecule has 1 heterocycles. The van der Waals surface area contributed by atoms with Crippen molar-refractivity contribution < 1.29 is 8.78 Å². The average molecular weight is 359 g/mol. The Kier molecular flexibility index (Phi) is 9.11. The molecular formula is C13H16Cl3F2N3. The third-order valence-electron chi connectivity index (χ3n) is 3.29. The fourth-order valence-corrected chi connectivity index (χ4v) is 2.62. The summed E-state index contributed by atoms with van der Waals surface area (Å²) in [6.07, 6.45) is 0.0834. The van der Waals surface area contributed by atoms with Crippen molar-refractivity contribution in [2.75, 3.05) is 26.2 Å². The number of piperazine rings is 1. The molecule has 1 fully saturated rings. The van der Waals surface area contributed by atoms with Crippen LogP contribution in [-0.2, 0) is 0 Å². The van der Waals surface area contributed by atoms with E-state index in [9.17, 15) is 8.78 Å². The average Bonchev–Trinajstić information content (AvgIpc) is 2.43. The summed E-state index contributed by atoms with van der Waals surface area (Å²) in [5, 5.41) is 11.9. The maximum Gasteiger partial charge on any atom is 0.142 e. The minimum absolute atomic E-state index is 0. The smallest absolute Gasteiger partial charge is 0.142 e. The summed E-state index contributed by atoms with van der Waals surface area (Å²) in [7, 11) is 0. The Hall–Kier alpha value is -0.640. The summed E-state index contributed by atoms with van der Waals surface area (Å²) in [4.78, 5) is 1.96. The molecule has 3 nitrogen and oxygen atoms in total. The van der Waals surface area contributed by atoms with Crippen LogP contribution in [0.3, 0.4) is 0 Å². The third-order valence-corrected chi connectivity index (χ3v) is 3.67. The summed E-state index contributed by atoms with van der Waals surface area (Å²) >= 11 is 5.88. The first-order valence-electron chi connectivity index (χ1n) is 6.10. The van der Waals surface area contributed by atoms with Crippen molar-refractivity contribution in [1.29, 1.82) is 5.26 Å². The topological polar surface area (TPSA) is 39.1 Å². The molecule has 21 heavy (non-hydrogen) atoms. The first-order chi connectivity index (χ1) is 9.15. The van der Waals surface area contributed by atoms with Gasteiger partial charge < -0.3 is 5.32 Å². The summed E-state index contributed by atoms with van der Waals surface area (Å²) in [5.74, 6) is -1.22. The zero-order valence-corrected chi connectivity index (χ0v) is 13.5. The van der Waals surface area contributed by atoms with E-state index in [4.69, 9.17) is 16.9 Å². The van der Waals surface area contributed by atoms with E-state index in [0.717, 1.165) is 25.2 Å². The Morgan fingerprint density at radius 2 is 1.81 bits per heavy atom. The number of benzene rings is 1. The molecule has 8 heteroatoms. The molecule has 1 atom stereocenters. The van der Waals surface area contributed by atoms with E-state index >= 15 is 0 Å². The molecule has 0 aromatic heterocycles. The fraction of sp³-hybridized carbons (Fsp3) is 0.462. The number of nitriles is 1. The monoisotopic (exact) mass is 357 g/mol. The Morgan fingerprint density at radius 3 is 2.38 bits per heavy atom. The van der Waals surface area contributed by atoms with Gasteiger partial charge in [-0.2, -0.15) is 5.26 Å². The molecule has 1 N–H and O–H groups in total. The Labute approximate surface area is 140 Å². The molecule has 0 aliphatic carbocycles. The highest BCUT2D eigenvalue weighted by molar-refractivity contribution is 6.31. The molecule has 1 aromatic rings. The summed E-state index contributed by atoms with van der Waals surface area (Å²) in [6, 6.07) is 3.58. The third kappa shape index (κ3) is 4.67. The Morgan fingerprint density at radius 1 is 1.24 bits per heavy atom. The molecule has 1 aliphatic rings. The normalized spacial score (nSPS) is 16.3. The van der Waals surface area contributed by atoms with Crippen molar-refractivity contribution in [2.24, 2.45) is 0 Å². The molecular weight excluding hydrogens is 343 g/mol. The van der Waals surface area contributed by atoms with Crippen LogP contribution < -0.4 is 5.32 Å². The number of halogens is 5. The number of nitrogens with one attached hydrogen (secondary N) is 1. The zero-order chi connectivity index (χ0) is 13.8. The predicted molar refractivity (Wildman–Crippen MR) is 83.3 cm³/mol. The van der Waals surface area contributed by atoms with E-state index in [2.05, 4.69) is 5.32 Å². The van der Waals surface area contributed by atoms with Crippen LogP contribution in [0, 0.1) is 23.0 Å². The number of hydrogen-bond donors (Lipinski definition) is 1. The van der Waals surface area contributed by atoms with Gasteiger partial charge in [0, 0.05) is 31.7 Å². The predicted octanol–water partition coefficient (Wildman–Crippen LogP) is 3.32. The van der Waals surface area contributed by atoms with Gasteiger partial charge in [-0.25, -0.2) is 8.78 Å². The highest BCUT2D eigenvalue weighted by Crippen LogP contribution is 2.34. The Balaban J connectivity index is 0.00000200. The van der Waals surface area contributed by atoms with Gasteiger partial charge in [0.25, 0.3) is 0 Å². The van der Waals surface area contributed by atoms with Gasteiger partial charge in [-0.3, -0.25) is 4.90 Å². The molecule has 0 saturated carbocycles. The van der Waals surface area contributed by atoms with Gasteiger partial charge in [-0.05, 0) is 12.1 Å². The highest BCUT2D eigenvalue weighted by Gasteiger charge is 2.27. The number of rotatable bonds is 3. The highest BCUT2D eigenvalue weighted by atomic mass is 35.5. The molecule has 0 unspecified atom stereocenters. The number of nitrogens with zero attached hydrogens (tertiary/aromatic N) is 2. The standard InChI is InChI=1S/C13H14ClF2N3.2ClH/c14-13-10(16)2-1-9(15)12(13)11(3-4-17)19-7-5-18-6-8-19;;/h1-2,11,18H,3,5-8H2;2*1H/t11-;;/m0../s1. The van der Waals surface area contributed by atoms with Crippen molar-refractivity contribution in [2.45, 2.75) is 12.5 Å². The first kappa shape index (κ1) is 20.4. The number of hydrogen-bond acceptors (Lipinski definition) is 3. The van der Waals surface area contributed by atoms with Gasteiger partial charge in [0.05, 0.1) is 23.6 Å². The second-order valence-corrected chi connectivity index (χ2v) is 4.80. The van der Waals surface area contributed by atoms with Crippen LogP contribution in [0.4, 0.5) is 8.78 Å². The van der Waals surface area contributed by atoms with E-state index in [1.54, 1.807) is 0 Å². The van der Waals surface area contributed by atoms with Crippen molar-refractivity contribution in [3.8, 4) is 6.07 Å². The quantitative estimate of drug-likeness (QED) is 0.843.